The predicted octanol–water partition coefficient (Wildman–Crippen LogP) is 1.81. The second-order valence-corrected chi connectivity index (χ2v) is 6.14. The summed E-state index contributed by atoms with van der Waals surface area (Å²) in [5, 5.41) is 3.56. The lowest BCUT2D eigenvalue weighted by molar-refractivity contribution is 0.117. The molecule has 102 valence electrons. The lowest BCUT2D eigenvalue weighted by atomic mass is 9.91. The molecule has 4 rings (SSSR count). The first-order valence-electron chi connectivity index (χ1n) is 7.59. The number of hydrogen-bond acceptors (Lipinski definition) is 3. The Bertz CT molecular complexity index is 474. The number of nitrogens with zero attached hydrogens (tertiary/aromatic N) is 1. The Balaban J connectivity index is 1.51. The fourth-order valence-corrected chi connectivity index (χ4v) is 3.93. The van der Waals surface area contributed by atoms with E-state index in [-0.39, 0.29) is 0 Å². The molecule has 0 spiro atoms. The molecule has 0 aliphatic carbocycles. The van der Waals surface area contributed by atoms with Crippen molar-refractivity contribution in [2.24, 2.45) is 5.92 Å². The van der Waals surface area contributed by atoms with Crippen molar-refractivity contribution in [3.63, 3.8) is 0 Å². The van der Waals surface area contributed by atoms with Gasteiger partial charge in [-0.05, 0) is 49.0 Å². The molecule has 0 bridgehead atoms. The van der Waals surface area contributed by atoms with Crippen LogP contribution in [0.5, 0.6) is 5.75 Å². The lowest BCUT2D eigenvalue weighted by Gasteiger charge is -2.37. The average Bonchev–Trinajstić information content (AvgIpc) is 3.06. The van der Waals surface area contributed by atoms with E-state index in [4.69, 9.17) is 4.74 Å². The molecular formula is C16H22N2O. The van der Waals surface area contributed by atoms with Crippen LogP contribution in [0, 0.1) is 5.92 Å². The molecule has 2 fully saturated rings. The first-order chi connectivity index (χ1) is 9.40. The fraction of sp³-hybridized carbons (Fsp3) is 0.625. The zero-order valence-corrected chi connectivity index (χ0v) is 11.4. The number of fused-ring (bicyclic) bond motifs is 2. The number of piperidine rings is 1. The van der Waals surface area contributed by atoms with E-state index in [0.29, 0.717) is 0 Å². The molecule has 0 radical (unpaired) electrons. The molecular weight excluding hydrogens is 236 g/mol. The maximum absolute atomic E-state index is 5.59. The molecule has 2 saturated heterocycles. The Labute approximate surface area is 114 Å². The number of likely N-dealkylation sites (tertiary alicyclic amines) is 1. The van der Waals surface area contributed by atoms with Crippen molar-refractivity contribution in [1.29, 1.82) is 0 Å². The third kappa shape index (κ3) is 2.15. The standard InChI is InChI=1S/C16H22N2O/c1-2-14-9-17-10-15(14)18(6-1)11-12-3-4-16-13(8-12)5-7-19-16/h3-4,8,14-15,17H,1-2,5-7,9-11H2. The molecule has 2 atom stereocenters. The Morgan fingerprint density at radius 1 is 1.32 bits per heavy atom. The predicted molar refractivity (Wildman–Crippen MR) is 75.4 cm³/mol. The van der Waals surface area contributed by atoms with Crippen molar-refractivity contribution in [2.75, 3.05) is 26.2 Å². The molecule has 1 aromatic rings. The fourth-order valence-electron chi connectivity index (χ4n) is 3.93. The summed E-state index contributed by atoms with van der Waals surface area (Å²) in [6.45, 7) is 5.63. The van der Waals surface area contributed by atoms with E-state index in [1.54, 1.807) is 0 Å². The van der Waals surface area contributed by atoms with Gasteiger partial charge in [0.05, 0.1) is 6.61 Å². The van der Waals surface area contributed by atoms with E-state index in [9.17, 15) is 0 Å². The summed E-state index contributed by atoms with van der Waals surface area (Å²) >= 11 is 0. The normalized spacial score (nSPS) is 29.9. The summed E-state index contributed by atoms with van der Waals surface area (Å²) < 4.78 is 5.59. The Morgan fingerprint density at radius 2 is 2.32 bits per heavy atom. The molecule has 1 aromatic carbocycles. The van der Waals surface area contributed by atoms with E-state index in [1.165, 1.54) is 43.6 Å². The van der Waals surface area contributed by atoms with E-state index in [1.807, 2.05) is 0 Å². The second-order valence-electron chi connectivity index (χ2n) is 6.14. The van der Waals surface area contributed by atoms with Crippen LogP contribution in [0.3, 0.4) is 0 Å². The topological polar surface area (TPSA) is 24.5 Å². The lowest BCUT2D eigenvalue weighted by Crippen LogP contribution is -2.44. The van der Waals surface area contributed by atoms with Crippen LogP contribution in [-0.4, -0.2) is 37.2 Å². The van der Waals surface area contributed by atoms with Crippen LogP contribution in [-0.2, 0) is 13.0 Å². The zero-order chi connectivity index (χ0) is 12.7. The minimum Gasteiger partial charge on any atom is -0.493 e. The number of hydrogen-bond donors (Lipinski definition) is 1. The number of nitrogens with one attached hydrogen (secondary N) is 1. The van der Waals surface area contributed by atoms with E-state index in [2.05, 4.69) is 28.4 Å². The van der Waals surface area contributed by atoms with Crippen molar-refractivity contribution < 1.29 is 4.74 Å². The average molecular weight is 258 g/mol. The highest BCUT2D eigenvalue weighted by molar-refractivity contribution is 5.39. The first-order valence-corrected chi connectivity index (χ1v) is 7.59. The molecule has 0 aromatic heterocycles. The molecule has 3 aliphatic rings. The van der Waals surface area contributed by atoms with Crippen LogP contribution >= 0.6 is 0 Å². The van der Waals surface area contributed by atoms with Crippen molar-refractivity contribution in [1.82, 2.24) is 10.2 Å². The third-order valence-corrected chi connectivity index (χ3v) is 4.93. The van der Waals surface area contributed by atoms with Crippen LogP contribution in [0.15, 0.2) is 18.2 Å². The summed E-state index contributed by atoms with van der Waals surface area (Å²) in [4.78, 5) is 2.69. The second kappa shape index (κ2) is 4.80. The van der Waals surface area contributed by atoms with Gasteiger partial charge in [0.2, 0.25) is 0 Å². The molecule has 0 amide bonds. The summed E-state index contributed by atoms with van der Waals surface area (Å²) in [7, 11) is 0. The Hall–Kier alpha value is -1.06. The molecule has 19 heavy (non-hydrogen) atoms. The van der Waals surface area contributed by atoms with Crippen molar-refractivity contribution in [3.8, 4) is 5.75 Å². The van der Waals surface area contributed by atoms with Crippen LogP contribution in [0.25, 0.3) is 0 Å². The van der Waals surface area contributed by atoms with Crippen LogP contribution in [0.4, 0.5) is 0 Å². The maximum Gasteiger partial charge on any atom is 0.122 e. The highest BCUT2D eigenvalue weighted by atomic mass is 16.5. The molecule has 3 nitrogen and oxygen atoms in total. The van der Waals surface area contributed by atoms with Gasteiger partial charge in [-0.15, -0.1) is 0 Å². The van der Waals surface area contributed by atoms with Gasteiger partial charge in [-0.2, -0.15) is 0 Å². The quantitative estimate of drug-likeness (QED) is 0.875. The van der Waals surface area contributed by atoms with Gasteiger partial charge in [0.25, 0.3) is 0 Å². The van der Waals surface area contributed by atoms with Crippen molar-refractivity contribution in [2.45, 2.75) is 31.8 Å². The summed E-state index contributed by atoms with van der Waals surface area (Å²) in [6, 6.07) is 7.52. The van der Waals surface area contributed by atoms with E-state index < -0.39 is 0 Å². The SMILES string of the molecule is c1cc2c(cc1CN1CCCC3CNCC31)CCO2. The van der Waals surface area contributed by atoms with Gasteiger partial charge in [0.1, 0.15) is 5.75 Å². The van der Waals surface area contributed by atoms with Crippen molar-refractivity contribution in [3.05, 3.63) is 29.3 Å². The van der Waals surface area contributed by atoms with Gasteiger partial charge in [-0.25, -0.2) is 0 Å². The van der Waals surface area contributed by atoms with Crippen LogP contribution in [0.2, 0.25) is 0 Å². The third-order valence-electron chi connectivity index (χ3n) is 4.93. The molecule has 1 N–H and O–H groups in total. The molecule has 3 heteroatoms. The monoisotopic (exact) mass is 258 g/mol. The number of ether oxygens (including phenoxy) is 1. The summed E-state index contributed by atoms with van der Waals surface area (Å²) in [5.41, 5.74) is 2.85. The maximum atomic E-state index is 5.59. The van der Waals surface area contributed by atoms with Gasteiger partial charge in [-0.3, -0.25) is 4.90 Å². The first kappa shape index (κ1) is 11.7. The summed E-state index contributed by atoms with van der Waals surface area (Å²) in [5.74, 6) is 1.98. The van der Waals surface area contributed by atoms with Gasteiger partial charge in [0, 0.05) is 25.6 Å². The largest absolute Gasteiger partial charge is 0.493 e. The molecule has 0 saturated carbocycles. The van der Waals surface area contributed by atoms with E-state index in [0.717, 1.165) is 37.3 Å². The number of benzene rings is 1. The van der Waals surface area contributed by atoms with Gasteiger partial charge in [-0.1, -0.05) is 12.1 Å². The summed E-state index contributed by atoms with van der Waals surface area (Å²) in [6.07, 6.45) is 3.85. The highest BCUT2D eigenvalue weighted by Gasteiger charge is 2.34. The zero-order valence-electron chi connectivity index (χ0n) is 11.4. The minimum atomic E-state index is 0.762. The smallest absolute Gasteiger partial charge is 0.122 e. The van der Waals surface area contributed by atoms with Gasteiger partial charge in [0.15, 0.2) is 0 Å². The van der Waals surface area contributed by atoms with Crippen molar-refractivity contribution >= 4 is 0 Å². The molecule has 3 aliphatic heterocycles. The van der Waals surface area contributed by atoms with E-state index >= 15 is 0 Å². The van der Waals surface area contributed by atoms with Gasteiger partial charge < -0.3 is 10.1 Å². The van der Waals surface area contributed by atoms with Gasteiger partial charge >= 0.3 is 0 Å². The Kier molecular flexibility index (Phi) is 2.97. The number of rotatable bonds is 2. The minimum absolute atomic E-state index is 0.762. The van der Waals surface area contributed by atoms with Crippen LogP contribution < -0.4 is 10.1 Å². The molecule has 3 heterocycles. The van der Waals surface area contributed by atoms with Crippen LogP contribution in [0.1, 0.15) is 24.0 Å². The molecule has 2 unspecified atom stereocenters. The Morgan fingerprint density at radius 3 is 3.32 bits per heavy atom. The highest BCUT2D eigenvalue weighted by Crippen LogP contribution is 2.30.